The van der Waals surface area contributed by atoms with Gasteiger partial charge in [-0.3, -0.25) is 9.69 Å². The lowest BCUT2D eigenvalue weighted by molar-refractivity contribution is -0.180. The summed E-state index contributed by atoms with van der Waals surface area (Å²) in [6, 6.07) is 25.7. The molecule has 1 fully saturated rings. The SMILES string of the molecule is Cc1ccc(-n2cc(N3C(=O)C4(OCCO4)c4ccccc43)c(-c3ccccc3)n2)cc1. The molecule has 4 aromatic rings. The number of carbonyl (C=O) groups is 1. The average Bonchev–Trinajstić information content (AvgIpc) is 3.54. The van der Waals surface area contributed by atoms with Crippen molar-refractivity contribution < 1.29 is 14.3 Å². The Labute approximate surface area is 185 Å². The van der Waals surface area contributed by atoms with E-state index >= 15 is 0 Å². The number of fused-ring (bicyclic) bond motifs is 2. The fourth-order valence-corrected chi connectivity index (χ4v) is 4.41. The molecule has 0 saturated carbocycles. The number of anilines is 2. The minimum atomic E-state index is -1.39. The molecule has 1 amide bonds. The molecule has 0 bridgehead atoms. The highest BCUT2D eigenvalue weighted by molar-refractivity contribution is 6.13. The van der Waals surface area contributed by atoms with Gasteiger partial charge in [-0.15, -0.1) is 0 Å². The topological polar surface area (TPSA) is 56.6 Å². The van der Waals surface area contributed by atoms with Crippen LogP contribution < -0.4 is 4.90 Å². The van der Waals surface area contributed by atoms with E-state index in [4.69, 9.17) is 14.6 Å². The van der Waals surface area contributed by atoms with E-state index in [-0.39, 0.29) is 5.91 Å². The molecule has 3 heterocycles. The van der Waals surface area contributed by atoms with Gasteiger partial charge in [-0.2, -0.15) is 5.10 Å². The first-order valence-electron chi connectivity index (χ1n) is 10.6. The number of hydrogen-bond acceptors (Lipinski definition) is 4. The summed E-state index contributed by atoms with van der Waals surface area (Å²) >= 11 is 0. The predicted molar refractivity (Wildman–Crippen MR) is 121 cm³/mol. The lowest BCUT2D eigenvalue weighted by Gasteiger charge is -2.22. The Hall–Kier alpha value is -3.74. The van der Waals surface area contributed by atoms with Gasteiger partial charge in [-0.1, -0.05) is 66.2 Å². The Balaban J connectivity index is 1.56. The maximum Gasteiger partial charge on any atom is 0.297 e. The zero-order valence-electron chi connectivity index (χ0n) is 17.6. The van der Waals surface area contributed by atoms with Crippen LogP contribution in [0.4, 0.5) is 11.4 Å². The van der Waals surface area contributed by atoms with E-state index in [2.05, 4.69) is 6.92 Å². The number of para-hydroxylation sites is 1. The van der Waals surface area contributed by atoms with E-state index in [9.17, 15) is 4.79 Å². The standard InChI is InChI=1S/C26H21N3O3/c1-18-11-13-20(14-12-18)28-17-23(24(27-28)19-7-3-2-4-8-19)29-22-10-6-5-9-21(22)26(25(29)30)31-15-16-32-26/h2-14,17H,15-16H2,1H3. The lowest BCUT2D eigenvalue weighted by Crippen LogP contribution is -2.39. The van der Waals surface area contributed by atoms with Gasteiger partial charge in [0.15, 0.2) is 0 Å². The monoisotopic (exact) mass is 423 g/mol. The summed E-state index contributed by atoms with van der Waals surface area (Å²) < 4.78 is 13.6. The molecule has 2 aliphatic heterocycles. The van der Waals surface area contributed by atoms with Crippen LogP contribution in [0.1, 0.15) is 11.1 Å². The van der Waals surface area contributed by atoms with Crippen molar-refractivity contribution in [2.24, 2.45) is 0 Å². The van der Waals surface area contributed by atoms with Gasteiger partial charge in [0.2, 0.25) is 0 Å². The molecule has 0 N–H and O–H groups in total. The minimum absolute atomic E-state index is 0.253. The van der Waals surface area contributed by atoms with Crippen LogP contribution in [-0.4, -0.2) is 28.9 Å². The quantitative estimate of drug-likeness (QED) is 0.478. The van der Waals surface area contributed by atoms with Gasteiger partial charge < -0.3 is 9.47 Å². The van der Waals surface area contributed by atoms with E-state index in [1.54, 1.807) is 4.90 Å². The summed E-state index contributed by atoms with van der Waals surface area (Å²) in [5.74, 6) is -1.65. The summed E-state index contributed by atoms with van der Waals surface area (Å²) in [6.45, 7) is 2.80. The Bertz CT molecular complexity index is 1310. The molecule has 0 radical (unpaired) electrons. The molecule has 2 aliphatic rings. The maximum atomic E-state index is 13.8. The Morgan fingerprint density at radius 1 is 0.844 bits per heavy atom. The molecule has 1 aromatic heterocycles. The van der Waals surface area contributed by atoms with Crippen LogP contribution in [-0.2, 0) is 20.1 Å². The number of nitrogens with zero attached hydrogens (tertiary/aromatic N) is 3. The van der Waals surface area contributed by atoms with Crippen molar-refractivity contribution in [3.8, 4) is 16.9 Å². The first-order chi connectivity index (χ1) is 15.7. The van der Waals surface area contributed by atoms with Crippen molar-refractivity contribution in [1.82, 2.24) is 9.78 Å². The van der Waals surface area contributed by atoms with Crippen LogP contribution in [0.3, 0.4) is 0 Å². The van der Waals surface area contributed by atoms with Crippen LogP contribution in [0.2, 0.25) is 0 Å². The smallest absolute Gasteiger partial charge is 0.297 e. The summed E-state index contributed by atoms with van der Waals surface area (Å²) in [5.41, 5.74) is 5.89. The Kier molecular flexibility index (Phi) is 4.24. The number of aromatic nitrogens is 2. The normalized spacial score (nSPS) is 16.7. The first kappa shape index (κ1) is 19.0. The Morgan fingerprint density at radius 2 is 1.53 bits per heavy atom. The summed E-state index contributed by atoms with van der Waals surface area (Å²) in [4.78, 5) is 15.5. The highest BCUT2D eigenvalue weighted by Gasteiger charge is 2.57. The molecular weight excluding hydrogens is 402 g/mol. The van der Waals surface area contributed by atoms with Gasteiger partial charge in [0.05, 0.1) is 36.5 Å². The molecule has 6 nitrogen and oxygen atoms in total. The second-order valence-electron chi connectivity index (χ2n) is 7.98. The molecule has 158 valence electrons. The largest absolute Gasteiger partial charge is 0.336 e. The molecule has 1 saturated heterocycles. The fraction of sp³-hybridized carbons (Fsp3) is 0.154. The van der Waals surface area contributed by atoms with Crippen LogP contribution in [0.15, 0.2) is 85.1 Å². The van der Waals surface area contributed by atoms with E-state index in [1.807, 2.05) is 89.7 Å². The van der Waals surface area contributed by atoms with Crippen LogP contribution in [0, 0.1) is 6.92 Å². The minimum Gasteiger partial charge on any atom is -0.336 e. The average molecular weight is 423 g/mol. The third-order valence-corrected chi connectivity index (χ3v) is 5.96. The second-order valence-corrected chi connectivity index (χ2v) is 7.98. The molecule has 6 rings (SSSR count). The number of aryl methyl sites for hydroxylation is 1. The van der Waals surface area contributed by atoms with Gasteiger partial charge in [0.25, 0.3) is 11.7 Å². The molecule has 0 aliphatic carbocycles. The van der Waals surface area contributed by atoms with E-state index in [0.29, 0.717) is 24.6 Å². The van der Waals surface area contributed by atoms with Gasteiger partial charge in [0.1, 0.15) is 5.69 Å². The lowest BCUT2D eigenvalue weighted by atomic mass is 10.1. The number of hydrogen-bond donors (Lipinski definition) is 0. The molecule has 3 aromatic carbocycles. The summed E-state index contributed by atoms with van der Waals surface area (Å²) in [5, 5.41) is 4.89. The first-order valence-corrected chi connectivity index (χ1v) is 10.6. The molecule has 0 atom stereocenters. The third kappa shape index (κ3) is 2.74. The number of carbonyl (C=O) groups excluding carboxylic acids is 1. The van der Waals surface area contributed by atoms with Crippen molar-refractivity contribution in [2.45, 2.75) is 12.7 Å². The Morgan fingerprint density at radius 3 is 2.28 bits per heavy atom. The highest BCUT2D eigenvalue weighted by atomic mass is 16.7. The van der Waals surface area contributed by atoms with Crippen molar-refractivity contribution in [3.05, 3.63) is 96.2 Å². The van der Waals surface area contributed by atoms with Gasteiger partial charge >= 0.3 is 0 Å². The van der Waals surface area contributed by atoms with Gasteiger partial charge in [-0.05, 0) is 25.1 Å². The molecule has 32 heavy (non-hydrogen) atoms. The zero-order valence-corrected chi connectivity index (χ0v) is 17.6. The van der Waals surface area contributed by atoms with Crippen molar-refractivity contribution in [3.63, 3.8) is 0 Å². The third-order valence-electron chi connectivity index (χ3n) is 5.96. The van der Waals surface area contributed by atoms with E-state index in [1.165, 1.54) is 5.56 Å². The maximum absolute atomic E-state index is 13.8. The molecule has 1 spiro atoms. The van der Waals surface area contributed by atoms with E-state index in [0.717, 1.165) is 22.5 Å². The fourth-order valence-electron chi connectivity index (χ4n) is 4.41. The zero-order chi connectivity index (χ0) is 21.7. The number of rotatable bonds is 3. The van der Waals surface area contributed by atoms with E-state index < -0.39 is 5.79 Å². The van der Waals surface area contributed by atoms with Gasteiger partial charge in [-0.25, -0.2) is 4.68 Å². The number of ether oxygens (including phenoxy) is 2. The second kappa shape index (κ2) is 7.15. The summed E-state index contributed by atoms with van der Waals surface area (Å²) in [7, 11) is 0. The van der Waals surface area contributed by atoms with Crippen molar-refractivity contribution in [1.29, 1.82) is 0 Å². The predicted octanol–water partition coefficient (Wildman–Crippen LogP) is 4.73. The molecule has 0 unspecified atom stereocenters. The van der Waals surface area contributed by atoms with Crippen molar-refractivity contribution >= 4 is 17.3 Å². The van der Waals surface area contributed by atoms with Gasteiger partial charge in [0, 0.05) is 11.1 Å². The number of benzene rings is 3. The number of amides is 1. The molecule has 6 heteroatoms. The van der Waals surface area contributed by atoms with Crippen LogP contribution in [0.5, 0.6) is 0 Å². The summed E-state index contributed by atoms with van der Waals surface area (Å²) in [6.07, 6.45) is 1.90. The highest BCUT2D eigenvalue weighted by Crippen LogP contribution is 2.50. The van der Waals surface area contributed by atoms with Crippen LogP contribution >= 0.6 is 0 Å². The van der Waals surface area contributed by atoms with Crippen molar-refractivity contribution in [2.75, 3.05) is 18.1 Å². The molecular formula is C26H21N3O3. The van der Waals surface area contributed by atoms with Crippen LogP contribution in [0.25, 0.3) is 16.9 Å².